The van der Waals surface area contributed by atoms with Gasteiger partial charge in [0.15, 0.2) is 5.82 Å². The minimum absolute atomic E-state index is 0.293. The first-order valence-electron chi connectivity index (χ1n) is 9.75. The van der Waals surface area contributed by atoms with Gasteiger partial charge in [-0.25, -0.2) is 14.6 Å². The number of rotatable bonds is 7. The second kappa shape index (κ2) is 8.34. The van der Waals surface area contributed by atoms with Gasteiger partial charge in [-0.05, 0) is 32.0 Å². The van der Waals surface area contributed by atoms with Crippen LogP contribution in [0, 0.1) is 13.8 Å². The standard InChI is InChI=1S/C21H21N7O3/c1-13-9-14(2)28(26-13)18-10-17(24-12-25-18)22-7-8-23-19(29)11-27-20(30)15-5-3-4-6-16(15)21(27)31/h3-6,9-10,12H,7-8,11H2,1-2H3,(H,23,29)(H,22,24,25). The summed E-state index contributed by atoms with van der Waals surface area (Å²) in [6.07, 6.45) is 1.44. The number of amides is 3. The van der Waals surface area contributed by atoms with Crippen molar-refractivity contribution in [2.45, 2.75) is 13.8 Å². The van der Waals surface area contributed by atoms with Gasteiger partial charge >= 0.3 is 0 Å². The van der Waals surface area contributed by atoms with Gasteiger partial charge in [-0.2, -0.15) is 5.10 Å². The first kappa shape index (κ1) is 20.2. The van der Waals surface area contributed by atoms with Crippen LogP contribution in [0.25, 0.3) is 5.82 Å². The average Bonchev–Trinajstić information content (AvgIpc) is 3.23. The number of aromatic nitrogens is 4. The van der Waals surface area contributed by atoms with Gasteiger partial charge in [0.25, 0.3) is 11.8 Å². The lowest BCUT2D eigenvalue weighted by Gasteiger charge is -2.14. The number of carbonyl (C=O) groups excluding carboxylic acids is 3. The minimum Gasteiger partial charge on any atom is -0.368 e. The van der Waals surface area contributed by atoms with E-state index in [1.54, 1.807) is 35.0 Å². The molecule has 0 saturated heterocycles. The average molecular weight is 419 g/mol. The molecule has 0 bridgehead atoms. The number of hydrogen-bond acceptors (Lipinski definition) is 7. The summed E-state index contributed by atoms with van der Waals surface area (Å²) in [5, 5.41) is 10.2. The van der Waals surface area contributed by atoms with Crippen molar-refractivity contribution in [3.05, 3.63) is 65.2 Å². The lowest BCUT2D eigenvalue weighted by Crippen LogP contribution is -2.41. The second-order valence-corrected chi connectivity index (χ2v) is 7.12. The van der Waals surface area contributed by atoms with Crippen molar-refractivity contribution in [2.75, 3.05) is 25.0 Å². The van der Waals surface area contributed by atoms with Gasteiger partial charge in [0.2, 0.25) is 5.91 Å². The van der Waals surface area contributed by atoms with E-state index in [4.69, 9.17) is 0 Å². The monoisotopic (exact) mass is 419 g/mol. The summed E-state index contributed by atoms with van der Waals surface area (Å²) in [6, 6.07) is 10.3. The summed E-state index contributed by atoms with van der Waals surface area (Å²) in [5.41, 5.74) is 2.50. The van der Waals surface area contributed by atoms with E-state index < -0.39 is 17.7 Å². The Morgan fingerprint density at radius 3 is 2.35 bits per heavy atom. The molecular formula is C21H21N7O3. The maximum atomic E-state index is 12.3. The third-order valence-corrected chi connectivity index (χ3v) is 4.81. The molecule has 4 rings (SSSR count). The van der Waals surface area contributed by atoms with Crippen molar-refractivity contribution in [1.29, 1.82) is 0 Å². The lowest BCUT2D eigenvalue weighted by molar-refractivity contribution is -0.121. The molecule has 0 unspecified atom stereocenters. The van der Waals surface area contributed by atoms with Gasteiger partial charge < -0.3 is 10.6 Å². The molecule has 2 N–H and O–H groups in total. The summed E-state index contributed by atoms with van der Waals surface area (Å²) in [5.74, 6) is -0.0923. The van der Waals surface area contributed by atoms with E-state index in [9.17, 15) is 14.4 Å². The Kier molecular flexibility index (Phi) is 5.44. The zero-order valence-corrected chi connectivity index (χ0v) is 17.1. The number of benzene rings is 1. The highest BCUT2D eigenvalue weighted by atomic mass is 16.2. The number of fused-ring (bicyclic) bond motifs is 1. The number of anilines is 1. The van der Waals surface area contributed by atoms with Crippen LogP contribution in [0.4, 0.5) is 5.82 Å². The number of aryl methyl sites for hydroxylation is 2. The fraction of sp³-hybridized carbons (Fsp3) is 0.238. The van der Waals surface area contributed by atoms with Crippen LogP contribution < -0.4 is 10.6 Å². The molecule has 10 nitrogen and oxygen atoms in total. The van der Waals surface area contributed by atoms with Crippen LogP contribution in [-0.2, 0) is 4.79 Å². The molecule has 2 aromatic heterocycles. The van der Waals surface area contributed by atoms with E-state index in [0.717, 1.165) is 16.3 Å². The zero-order chi connectivity index (χ0) is 22.0. The zero-order valence-electron chi connectivity index (χ0n) is 17.1. The van der Waals surface area contributed by atoms with Crippen LogP contribution in [0.1, 0.15) is 32.1 Å². The van der Waals surface area contributed by atoms with Crippen molar-refractivity contribution < 1.29 is 14.4 Å². The van der Waals surface area contributed by atoms with Crippen molar-refractivity contribution in [3.8, 4) is 5.82 Å². The molecule has 0 fully saturated rings. The number of nitrogens with one attached hydrogen (secondary N) is 2. The Labute approximate surface area is 178 Å². The second-order valence-electron chi connectivity index (χ2n) is 7.12. The van der Waals surface area contributed by atoms with Gasteiger partial charge in [-0.1, -0.05) is 12.1 Å². The van der Waals surface area contributed by atoms with Crippen LogP contribution in [0.15, 0.2) is 42.7 Å². The minimum atomic E-state index is -0.452. The summed E-state index contributed by atoms with van der Waals surface area (Å²) in [7, 11) is 0. The topological polar surface area (TPSA) is 122 Å². The van der Waals surface area contributed by atoms with Crippen molar-refractivity contribution in [1.82, 2.24) is 30.0 Å². The third-order valence-electron chi connectivity index (χ3n) is 4.81. The van der Waals surface area contributed by atoms with E-state index in [-0.39, 0.29) is 6.54 Å². The molecule has 31 heavy (non-hydrogen) atoms. The van der Waals surface area contributed by atoms with E-state index in [1.807, 2.05) is 19.9 Å². The molecule has 1 aromatic carbocycles. The van der Waals surface area contributed by atoms with E-state index in [0.29, 0.717) is 35.9 Å². The Morgan fingerprint density at radius 1 is 1.00 bits per heavy atom. The van der Waals surface area contributed by atoms with Crippen LogP contribution in [0.3, 0.4) is 0 Å². The smallest absolute Gasteiger partial charge is 0.262 e. The number of carbonyl (C=O) groups is 3. The molecule has 0 saturated carbocycles. The molecule has 10 heteroatoms. The van der Waals surface area contributed by atoms with E-state index in [1.165, 1.54) is 6.33 Å². The maximum Gasteiger partial charge on any atom is 0.262 e. The SMILES string of the molecule is Cc1cc(C)n(-c2cc(NCCNC(=O)CN3C(=O)c4ccccc4C3=O)ncn2)n1. The highest BCUT2D eigenvalue weighted by Gasteiger charge is 2.36. The van der Waals surface area contributed by atoms with Crippen LogP contribution in [0.2, 0.25) is 0 Å². The van der Waals surface area contributed by atoms with E-state index >= 15 is 0 Å². The Bertz CT molecular complexity index is 1140. The normalized spacial score (nSPS) is 12.8. The fourth-order valence-electron chi connectivity index (χ4n) is 3.40. The molecule has 1 aliphatic heterocycles. The summed E-state index contributed by atoms with van der Waals surface area (Å²) in [4.78, 5) is 46.2. The van der Waals surface area contributed by atoms with Crippen LogP contribution in [-0.4, -0.2) is 62.0 Å². The van der Waals surface area contributed by atoms with E-state index in [2.05, 4.69) is 25.7 Å². The van der Waals surface area contributed by atoms with Gasteiger partial charge in [0.1, 0.15) is 18.7 Å². The molecule has 0 spiro atoms. The first-order chi connectivity index (χ1) is 14.9. The predicted molar refractivity (Wildman–Crippen MR) is 112 cm³/mol. The number of nitrogens with zero attached hydrogens (tertiary/aromatic N) is 5. The Balaban J connectivity index is 1.27. The number of hydrogen-bond donors (Lipinski definition) is 2. The van der Waals surface area contributed by atoms with Crippen LogP contribution >= 0.6 is 0 Å². The lowest BCUT2D eigenvalue weighted by atomic mass is 10.1. The summed E-state index contributed by atoms with van der Waals surface area (Å²) in [6.45, 7) is 4.23. The molecule has 1 aliphatic rings. The molecule has 0 aliphatic carbocycles. The first-order valence-corrected chi connectivity index (χ1v) is 9.75. The van der Waals surface area contributed by atoms with Gasteiger partial charge in [-0.15, -0.1) is 0 Å². The molecule has 158 valence electrons. The van der Waals surface area contributed by atoms with Gasteiger partial charge in [0, 0.05) is 24.8 Å². The van der Waals surface area contributed by atoms with Crippen LogP contribution in [0.5, 0.6) is 0 Å². The predicted octanol–water partition coefficient (Wildman–Crippen LogP) is 1.10. The quantitative estimate of drug-likeness (QED) is 0.434. The Morgan fingerprint density at radius 2 is 1.71 bits per heavy atom. The molecule has 0 atom stereocenters. The fourth-order valence-corrected chi connectivity index (χ4v) is 3.40. The molecule has 3 heterocycles. The largest absolute Gasteiger partial charge is 0.368 e. The summed E-state index contributed by atoms with van der Waals surface area (Å²) < 4.78 is 1.73. The molecule has 3 amide bonds. The van der Waals surface area contributed by atoms with Gasteiger partial charge in [0.05, 0.1) is 16.8 Å². The third kappa shape index (κ3) is 4.13. The van der Waals surface area contributed by atoms with Crippen molar-refractivity contribution in [3.63, 3.8) is 0 Å². The summed E-state index contributed by atoms with van der Waals surface area (Å²) >= 11 is 0. The Hall–Kier alpha value is -4.08. The van der Waals surface area contributed by atoms with Crippen molar-refractivity contribution in [2.24, 2.45) is 0 Å². The van der Waals surface area contributed by atoms with Gasteiger partial charge in [-0.3, -0.25) is 19.3 Å². The maximum absolute atomic E-state index is 12.3. The van der Waals surface area contributed by atoms with Crippen molar-refractivity contribution >= 4 is 23.5 Å². The molecule has 0 radical (unpaired) electrons. The molecule has 3 aromatic rings. The number of imide groups is 1. The highest BCUT2D eigenvalue weighted by Crippen LogP contribution is 2.21. The molecular weight excluding hydrogens is 398 g/mol. The highest BCUT2D eigenvalue weighted by molar-refractivity contribution is 6.22.